The summed E-state index contributed by atoms with van der Waals surface area (Å²) in [6, 6.07) is 19.0. The molecule has 0 fully saturated rings. The van der Waals surface area contributed by atoms with Crippen molar-refractivity contribution in [2.75, 3.05) is 0 Å². The predicted molar refractivity (Wildman–Crippen MR) is 131 cm³/mol. The van der Waals surface area contributed by atoms with Gasteiger partial charge in [0, 0.05) is 0 Å². The summed E-state index contributed by atoms with van der Waals surface area (Å²) >= 11 is 0. The van der Waals surface area contributed by atoms with Gasteiger partial charge >= 0.3 is 0 Å². The molecule has 0 saturated carbocycles. The van der Waals surface area contributed by atoms with E-state index in [1.165, 1.54) is 16.7 Å². The lowest BCUT2D eigenvalue weighted by atomic mass is 10.0. The first-order valence-electron chi connectivity index (χ1n) is 10.1. The summed E-state index contributed by atoms with van der Waals surface area (Å²) in [5, 5.41) is 0. The Morgan fingerprint density at radius 3 is 1.24 bits per heavy atom. The zero-order chi connectivity index (χ0) is 20.6. The van der Waals surface area contributed by atoms with E-state index in [9.17, 15) is 0 Å². The molecule has 0 aliphatic carbocycles. The summed E-state index contributed by atoms with van der Waals surface area (Å²) in [4.78, 5) is 0. The first-order valence-corrected chi connectivity index (χ1v) is 10.1. The summed E-state index contributed by atoms with van der Waals surface area (Å²) < 4.78 is 0. The van der Waals surface area contributed by atoms with Crippen LogP contribution in [0.3, 0.4) is 0 Å². The number of allylic oxidation sites excluding steroid dienone is 12. The third-order valence-corrected chi connectivity index (χ3v) is 4.20. The van der Waals surface area contributed by atoms with Gasteiger partial charge < -0.3 is 0 Å². The minimum absolute atomic E-state index is 0.577. The van der Waals surface area contributed by atoms with Gasteiger partial charge in [-0.3, -0.25) is 0 Å². The summed E-state index contributed by atoms with van der Waals surface area (Å²) in [5.41, 5.74) is 3.80. The Balaban J connectivity index is 1.65. The van der Waals surface area contributed by atoms with Crippen molar-refractivity contribution in [3.8, 4) is 0 Å². The smallest absolute Gasteiger partial charge is 0.0219 e. The van der Waals surface area contributed by atoms with E-state index in [-0.39, 0.29) is 0 Å². The largest absolute Gasteiger partial charge is 0.0623 e. The van der Waals surface area contributed by atoms with Crippen LogP contribution >= 0.6 is 0 Å². The SMILES string of the molecule is CC(C)c1ccc(/C=C/C=C/C=C/C=C/C=C/C=C/C=C/c2ccccc2)cc1. The Morgan fingerprint density at radius 1 is 0.448 bits per heavy atom. The van der Waals surface area contributed by atoms with E-state index in [0.29, 0.717) is 5.92 Å². The fourth-order valence-corrected chi connectivity index (χ4v) is 2.53. The van der Waals surface area contributed by atoms with Crippen molar-refractivity contribution < 1.29 is 0 Å². The van der Waals surface area contributed by atoms with Gasteiger partial charge in [-0.2, -0.15) is 0 Å². The Kier molecular flexibility index (Phi) is 10.4. The third-order valence-electron chi connectivity index (χ3n) is 4.20. The monoisotopic (exact) mass is 378 g/mol. The van der Waals surface area contributed by atoms with E-state index in [1.807, 2.05) is 85.0 Å². The summed E-state index contributed by atoms with van der Waals surface area (Å²) in [7, 11) is 0. The molecule has 0 nitrogen and oxygen atoms in total. The molecule has 0 aromatic heterocycles. The Bertz CT molecular complexity index is 896. The van der Waals surface area contributed by atoms with Crippen molar-refractivity contribution in [3.63, 3.8) is 0 Å². The molecule has 0 bridgehead atoms. The van der Waals surface area contributed by atoms with E-state index in [0.717, 1.165) is 0 Å². The second kappa shape index (κ2) is 13.7. The van der Waals surface area contributed by atoms with Crippen molar-refractivity contribution in [2.24, 2.45) is 0 Å². The molecule has 0 aliphatic heterocycles. The maximum absolute atomic E-state index is 2.21. The molecule has 0 atom stereocenters. The molecule has 0 N–H and O–H groups in total. The second-order valence-electron chi connectivity index (χ2n) is 6.87. The highest BCUT2D eigenvalue weighted by molar-refractivity contribution is 5.52. The minimum atomic E-state index is 0.577. The summed E-state index contributed by atoms with van der Waals surface area (Å²) in [6.07, 6.45) is 28.5. The average molecular weight is 379 g/mol. The van der Waals surface area contributed by atoms with Gasteiger partial charge in [-0.05, 0) is 22.6 Å². The predicted octanol–water partition coefficient (Wildman–Crippen LogP) is 8.32. The van der Waals surface area contributed by atoms with Gasteiger partial charge in [0.1, 0.15) is 0 Å². The Hall–Kier alpha value is -3.38. The maximum Gasteiger partial charge on any atom is -0.0219 e. The molecule has 2 aromatic carbocycles. The quantitative estimate of drug-likeness (QED) is 0.385. The highest BCUT2D eigenvalue weighted by Crippen LogP contribution is 2.15. The molecule has 0 aliphatic rings. The topological polar surface area (TPSA) is 0 Å². The van der Waals surface area contributed by atoms with Gasteiger partial charge in [-0.1, -0.05) is 154 Å². The lowest BCUT2D eigenvalue weighted by molar-refractivity contribution is 0.866. The molecule has 0 saturated heterocycles. The molecule has 0 heteroatoms. The molecule has 0 amide bonds. The first-order chi connectivity index (χ1) is 14.3. The maximum atomic E-state index is 2.21. The summed E-state index contributed by atoms with van der Waals surface area (Å²) in [5.74, 6) is 0.577. The molecule has 0 unspecified atom stereocenters. The van der Waals surface area contributed by atoms with Crippen LogP contribution in [0.25, 0.3) is 12.2 Å². The molecule has 2 aromatic rings. The fourth-order valence-electron chi connectivity index (χ4n) is 2.53. The van der Waals surface area contributed by atoms with Gasteiger partial charge in [0.25, 0.3) is 0 Å². The highest BCUT2D eigenvalue weighted by atomic mass is 14.0. The first kappa shape index (κ1) is 21.9. The van der Waals surface area contributed by atoms with Crippen LogP contribution < -0.4 is 0 Å². The van der Waals surface area contributed by atoms with Crippen molar-refractivity contribution in [1.29, 1.82) is 0 Å². The zero-order valence-electron chi connectivity index (χ0n) is 17.4. The van der Waals surface area contributed by atoms with Crippen LogP contribution in [-0.2, 0) is 0 Å². The highest BCUT2D eigenvalue weighted by Gasteiger charge is 1.96. The van der Waals surface area contributed by atoms with E-state index >= 15 is 0 Å². The molecule has 0 heterocycles. The Labute approximate surface area is 176 Å². The van der Waals surface area contributed by atoms with Crippen LogP contribution in [0.2, 0.25) is 0 Å². The van der Waals surface area contributed by atoms with Gasteiger partial charge in [-0.25, -0.2) is 0 Å². The van der Waals surface area contributed by atoms with Gasteiger partial charge in [0.15, 0.2) is 0 Å². The molecule has 29 heavy (non-hydrogen) atoms. The molecular weight excluding hydrogens is 348 g/mol. The van der Waals surface area contributed by atoms with Crippen molar-refractivity contribution in [2.45, 2.75) is 19.8 Å². The molecular formula is C29H30. The van der Waals surface area contributed by atoms with Crippen molar-refractivity contribution in [3.05, 3.63) is 144 Å². The zero-order valence-corrected chi connectivity index (χ0v) is 17.4. The average Bonchev–Trinajstić information content (AvgIpc) is 2.75. The van der Waals surface area contributed by atoms with E-state index in [4.69, 9.17) is 0 Å². The molecule has 0 spiro atoms. The number of hydrogen-bond donors (Lipinski definition) is 0. The number of hydrogen-bond acceptors (Lipinski definition) is 0. The van der Waals surface area contributed by atoms with Crippen LogP contribution in [0, 0.1) is 0 Å². The third kappa shape index (κ3) is 9.93. The van der Waals surface area contributed by atoms with E-state index in [1.54, 1.807) is 0 Å². The van der Waals surface area contributed by atoms with Gasteiger partial charge in [0.05, 0.1) is 0 Å². The van der Waals surface area contributed by atoms with Crippen LogP contribution in [0.5, 0.6) is 0 Å². The van der Waals surface area contributed by atoms with Gasteiger partial charge in [0.2, 0.25) is 0 Å². The van der Waals surface area contributed by atoms with Crippen LogP contribution in [0.4, 0.5) is 0 Å². The number of benzene rings is 2. The number of rotatable bonds is 9. The fraction of sp³-hybridized carbons (Fsp3) is 0.103. The van der Waals surface area contributed by atoms with E-state index < -0.39 is 0 Å². The van der Waals surface area contributed by atoms with Crippen LogP contribution in [0.15, 0.2) is 128 Å². The molecule has 2 rings (SSSR count). The van der Waals surface area contributed by atoms with Crippen LogP contribution in [-0.4, -0.2) is 0 Å². The lowest BCUT2D eigenvalue weighted by Crippen LogP contribution is -1.85. The second-order valence-corrected chi connectivity index (χ2v) is 6.87. The van der Waals surface area contributed by atoms with Crippen LogP contribution in [0.1, 0.15) is 36.5 Å². The van der Waals surface area contributed by atoms with Crippen molar-refractivity contribution in [1.82, 2.24) is 0 Å². The standard InChI is InChI=1S/C29H30/c1-26(2)29-24-22-28(23-25-29)21-15-12-10-8-6-4-3-5-7-9-11-14-18-27-19-16-13-17-20-27/h3-26H,1-2H3/b4-3+,7-5+,8-6+,11-9+,12-10+,18-14+,21-15+. The normalized spacial score (nSPS) is 13.2. The van der Waals surface area contributed by atoms with Gasteiger partial charge in [-0.15, -0.1) is 0 Å². The lowest BCUT2D eigenvalue weighted by Gasteiger charge is -2.04. The molecule has 146 valence electrons. The Morgan fingerprint density at radius 2 is 0.828 bits per heavy atom. The minimum Gasteiger partial charge on any atom is -0.0623 e. The summed E-state index contributed by atoms with van der Waals surface area (Å²) in [6.45, 7) is 4.43. The molecule has 0 radical (unpaired) electrons. The van der Waals surface area contributed by atoms with E-state index in [2.05, 4.69) is 68.5 Å². The van der Waals surface area contributed by atoms with Crippen molar-refractivity contribution >= 4 is 12.2 Å².